The first-order valence-corrected chi connectivity index (χ1v) is 10.9. The lowest BCUT2D eigenvalue weighted by Gasteiger charge is -2.13. The average Bonchev–Trinajstić information content (AvgIpc) is 2.42. The van der Waals surface area contributed by atoms with Crippen LogP contribution in [0, 0.1) is 29.8 Å². The standard InChI is InChI=1S/C16H17FN2O6S2/c1-11-6-15(7-12(2)16(11)26(22,23)10-19(20)21)18-27(24,25)9-13-4-3-5-14(17)8-13/h3-8,18H,9-10H2,1-2H3. The Morgan fingerprint density at radius 2 is 1.67 bits per heavy atom. The van der Waals surface area contributed by atoms with Crippen molar-refractivity contribution < 1.29 is 26.1 Å². The van der Waals surface area contributed by atoms with Gasteiger partial charge in [-0.2, -0.15) is 0 Å². The first-order chi connectivity index (χ1) is 12.4. The van der Waals surface area contributed by atoms with Gasteiger partial charge in [-0.1, -0.05) is 12.1 Å². The van der Waals surface area contributed by atoms with Crippen molar-refractivity contribution in [3.05, 3.63) is 69.0 Å². The number of hydrogen-bond acceptors (Lipinski definition) is 6. The number of anilines is 1. The molecule has 2 aromatic carbocycles. The quantitative estimate of drug-likeness (QED) is 0.546. The van der Waals surface area contributed by atoms with E-state index in [1.807, 2.05) is 0 Å². The van der Waals surface area contributed by atoms with Crippen molar-refractivity contribution in [1.29, 1.82) is 0 Å². The first kappa shape index (κ1) is 20.8. The van der Waals surface area contributed by atoms with Crippen molar-refractivity contribution in [3.63, 3.8) is 0 Å². The Labute approximate surface area is 156 Å². The molecule has 0 heterocycles. The summed E-state index contributed by atoms with van der Waals surface area (Å²) in [6.07, 6.45) is 0. The fourth-order valence-electron chi connectivity index (χ4n) is 2.76. The Morgan fingerprint density at radius 1 is 1.07 bits per heavy atom. The summed E-state index contributed by atoms with van der Waals surface area (Å²) in [4.78, 5) is 9.43. The maximum Gasteiger partial charge on any atom is 0.305 e. The van der Waals surface area contributed by atoms with Gasteiger partial charge < -0.3 is 0 Å². The smallest absolute Gasteiger partial charge is 0.283 e. The summed E-state index contributed by atoms with van der Waals surface area (Å²) in [5.41, 5.74) is 0.725. The second-order valence-electron chi connectivity index (χ2n) is 6.01. The molecule has 2 rings (SSSR count). The van der Waals surface area contributed by atoms with Gasteiger partial charge >= 0.3 is 5.88 Å². The molecule has 0 unspecified atom stereocenters. The van der Waals surface area contributed by atoms with Gasteiger partial charge in [-0.3, -0.25) is 14.8 Å². The Bertz CT molecular complexity index is 1070. The number of rotatable bonds is 7. The molecular formula is C16H17FN2O6S2. The molecule has 0 atom stereocenters. The lowest BCUT2D eigenvalue weighted by atomic mass is 10.1. The zero-order valence-electron chi connectivity index (χ0n) is 14.5. The second-order valence-corrected chi connectivity index (χ2v) is 9.63. The summed E-state index contributed by atoms with van der Waals surface area (Å²) in [6.45, 7) is 2.84. The van der Waals surface area contributed by atoms with Crippen molar-refractivity contribution >= 4 is 25.5 Å². The van der Waals surface area contributed by atoms with Crippen LogP contribution in [0.2, 0.25) is 0 Å². The SMILES string of the molecule is Cc1cc(NS(=O)(=O)Cc2cccc(F)c2)cc(C)c1S(=O)(=O)C[N+](=O)[O-]. The first-order valence-electron chi connectivity index (χ1n) is 7.60. The molecule has 0 spiro atoms. The van der Waals surface area contributed by atoms with Crippen LogP contribution in [0.5, 0.6) is 0 Å². The van der Waals surface area contributed by atoms with Crippen molar-refractivity contribution in [2.45, 2.75) is 24.5 Å². The molecule has 8 nitrogen and oxygen atoms in total. The predicted molar refractivity (Wildman–Crippen MR) is 97.6 cm³/mol. The van der Waals surface area contributed by atoms with Crippen LogP contribution in [0.4, 0.5) is 10.1 Å². The van der Waals surface area contributed by atoms with Gasteiger partial charge in [-0.25, -0.2) is 21.2 Å². The number of aryl methyl sites for hydroxylation is 2. The molecule has 0 aliphatic heterocycles. The minimum Gasteiger partial charge on any atom is -0.283 e. The largest absolute Gasteiger partial charge is 0.305 e. The predicted octanol–water partition coefficient (Wildman–Crippen LogP) is 2.39. The van der Waals surface area contributed by atoms with Crippen molar-refractivity contribution in [3.8, 4) is 0 Å². The van der Waals surface area contributed by atoms with Crippen molar-refractivity contribution in [1.82, 2.24) is 0 Å². The molecule has 27 heavy (non-hydrogen) atoms. The summed E-state index contributed by atoms with van der Waals surface area (Å²) in [5, 5.41) is 10.6. The van der Waals surface area contributed by atoms with Gasteiger partial charge in [0, 0.05) is 10.6 Å². The molecule has 0 aliphatic carbocycles. The van der Waals surface area contributed by atoms with E-state index < -0.39 is 42.2 Å². The molecule has 0 amide bonds. The summed E-state index contributed by atoms with van der Waals surface area (Å²) in [5.74, 6) is -2.28. The molecule has 11 heteroatoms. The summed E-state index contributed by atoms with van der Waals surface area (Å²) in [7, 11) is -8.03. The van der Waals surface area contributed by atoms with Crippen LogP contribution in [0.1, 0.15) is 16.7 Å². The summed E-state index contributed by atoms with van der Waals surface area (Å²) >= 11 is 0. The van der Waals surface area contributed by atoms with E-state index in [0.29, 0.717) is 0 Å². The molecule has 146 valence electrons. The highest BCUT2D eigenvalue weighted by Gasteiger charge is 2.26. The third-order valence-corrected chi connectivity index (χ3v) is 6.64. The number of sulfonamides is 1. The zero-order valence-corrected chi connectivity index (χ0v) is 16.1. The van der Waals surface area contributed by atoms with Crippen LogP contribution < -0.4 is 4.72 Å². The Balaban J connectivity index is 2.31. The fourth-order valence-corrected chi connectivity index (χ4v) is 5.44. The van der Waals surface area contributed by atoms with E-state index in [4.69, 9.17) is 0 Å². The Hall–Kier alpha value is -2.53. The molecule has 0 bridgehead atoms. The maximum absolute atomic E-state index is 13.2. The molecule has 0 saturated heterocycles. The lowest BCUT2D eigenvalue weighted by molar-refractivity contribution is -0.458. The van der Waals surface area contributed by atoms with E-state index in [9.17, 15) is 31.3 Å². The minimum atomic E-state index is -4.15. The minimum absolute atomic E-state index is 0.112. The van der Waals surface area contributed by atoms with E-state index in [-0.39, 0.29) is 27.3 Å². The maximum atomic E-state index is 13.2. The molecule has 0 radical (unpaired) electrons. The lowest BCUT2D eigenvalue weighted by Crippen LogP contribution is -2.18. The van der Waals surface area contributed by atoms with Crippen LogP contribution in [0.15, 0.2) is 41.3 Å². The van der Waals surface area contributed by atoms with Gasteiger partial charge in [0.1, 0.15) is 5.82 Å². The number of nitro groups is 1. The summed E-state index contributed by atoms with van der Waals surface area (Å²) in [6, 6.07) is 7.71. The Kier molecular flexibility index (Phi) is 5.85. The van der Waals surface area contributed by atoms with E-state index in [0.717, 1.165) is 6.07 Å². The second kappa shape index (κ2) is 7.61. The van der Waals surface area contributed by atoms with E-state index in [1.165, 1.54) is 44.2 Å². The van der Waals surface area contributed by atoms with Crippen LogP contribution in [-0.2, 0) is 25.6 Å². The number of benzene rings is 2. The zero-order chi connectivity index (χ0) is 20.4. The highest BCUT2D eigenvalue weighted by molar-refractivity contribution is 7.92. The third-order valence-electron chi connectivity index (χ3n) is 3.57. The van der Waals surface area contributed by atoms with E-state index in [1.54, 1.807) is 0 Å². The molecule has 1 N–H and O–H groups in total. The van der Waals surface area contributed by atoms with Gasteiger partial charge in [0.05, 0.1) is 10.6 Å². The highest BCUT2D eigenvalue weighted by atomic mass is 32.2. The fraction of sp³-hybridized carbons (Fsp3) is 0.250. The highest BCUT2D eigenvalue weighted by Crippen LogP contribution is 2.26. The Morgan fingerprint density at radius 3 is 2.19 bits per heavy atom. The van der Waals surface area contributed by atoms with Crippen molar-refractivity contribution in [2.75, 3.05) is 10.6 Å². The van der Waals surface area contributed by atoms with E-state index in [2.05, 4.69) is 4.72 Å². The molecule has 0 fully saturated rings. The molecule has 0 saturated carbocycles. The van der Waals surface area contributed by atoms with Crippen LogP contribution in [0.25, 0.3) is 0 Å². The molecule has 0 aliphatic rings. The summed E-state index contributed by atoms with van der Waals surface area (Å²) < 4.78 is 64.4. The topological polar surface area (TPSA) is 123 Å². The van der Waals surface area contributed by atoms with Crippen molar-refractivity contribution in [2.24, 2.45) is 0 Å². The molecule has 2 aromatic rings. The molecule has 0 aromatic heterocycles. The van der Waals surface area contributed by atoms with Crippen LogP contribution >= 0.6 is 0 Å². The molecular weight excluding hydrogens is 399 g/mol. The van der Waals surface area contributed by atoms with Crippen LogP contribution in [0.3, 0.4) is 0 Å². The van der Waals surface area contributed by atoms with Gasteiger partial charge in [0.15, 0.2) is 0 Å². The van der Waals surface area contributed by atoms with Gasteiger partial charge in [-0.15, -0.1) is 0 Å². The average molecular weight is 416 g/mol. The monoisotopic (exact) mass is 416 g/mol. The third kappa shape index (κ3) is 5.47. The van der Waals surface area contributed by atoms with E-state index >= 15 is 0 Å². The van der Waals surface area contributed by atoms with Crippen LogP contribution in [-0.4, -0.2) is 27.6 Å². The number of halogens is 1. The normalized spacial score (nSPS) is 12.0. The number of nitrogens with zero attached hydrogens (tertiary/aromatic N) is 1. The number of nitrogens with one attached hydrogen (secondary N) is 1. The van der Waals surface area contributed by atoms with Gasteiger partial charge in [0.25, 0.3) is 0 Å². The van der Waals surface area contributed by atoms with Gasteiger partial charge in [-0.05, 0) is 54.8 Å². The number of hydrogen-bond donors (Lipinski definition) is 1. The van der Waals surface area contributed by atoms with Gasteiger partial charge in [0.2, 0.25) is 19.9 Å². The number of sulfone groups is 1.